The van der Waals surface area contributed by atoms with Crippen LogP contribution in [0.2, 0.25) is 0 Å². The third-order valence-electron chi connectivity index (χ3n) is 4.69. The molecule has 2 aromatic carbocycles. The number of hydrogen-bond acceptors (Lipinski definition) is 5. The third kappa shape index (κ3) is 4.93. The first-order valence-electron chi connectivity index (χ1n) is 9.72. The van der Waals surface area contributed by atoms with Crippen LogP contribution in [0.1, 0.15) is 34.1 Å². The summed E-state index contributed by atoms with van der Waals surface area (Å²) in [6, 6.07) is 17.3. The molecule has 0 aliphatic rings. The summed E-state index contributed by atoms with van der Waals surface area (Å²) in [7, 11) is 0. The maximum atomic E-state index is 12.8. The molecular weight excluding hydrogens is 396 g/mol. The molecule has 1 amide bonds. The van der Waals surface area contributed by atoms with E-state index in [1.165, 1.54) is 16.9 Å². The van der Waals surface area contributed by atoms with E-state index in [1.54, 1.807) is 40.7 Å². The monoisotopic (exact) mass is 418 g/mol. The Hall–Kier alpha value is -3.45. The smallest absolute Gasteiger partial charge is 0.256 e. The number of thiazole rings is 1. The molecule has 0 bridgehead atoms. The summed E-state index contributed by atoms with van der Waals surface area (Å²) in [5.74, 6) is 1.06. The summed E-state index contributed by atoms with van der Waals surface area (Å²) in [5.41, 5.74) is 5.58. The summed E-state index contributed by atoms with van der Waals surface area (Å²) >= 11 is 1.52. The number of carbonyl (C=O) groups excluding carboxylic acids is 1. The number of aromatic nitrogens is 3. The molecule has 0 saturated carbocycles. The summed E-state index contributed by atoms with van der Waals surface area (Å²) in [6.45, 7) is 3.09. The van der Waals surface area contributed by atoms with Crippen LogP contribution in [0.4, 0.5) is 5.82 Å². The molecule has 2 heterocycles. The molecule has 0 aliphatic carbocycles. The number of amides is 1. The van der Waals surface area contributed by atoms with Crippen molar-refractivity contribution in [3.8, 4) is 5.75 Å². The SMILES string of the molecule is CCc1ccc(Cn2nccc2NC(=O)c2cccc(OCc3cscn3)c2)cc1. The van der Waals surface area contributed by atoms with Crippen molar-refractivity contribution in [1.82, 2.24) is 14.8 Å². The van der Waals surface area contributed by atoms with Gasteiger partial charge in [-0.15, -0.1) is 11.3 Å². The minimum atomic E-state index is -0.211. The second kappa shape index (κ2) is 9.37. The molecule has 0 aliphatic heterocycles. The van der Waals surface area contributed by atoms with Crippen LogP contribution in [0.15, 0.2) is 71.7 Å². The first-order chi connectivity index (χ1) is 14.7. The van der Waals surface area contributed by atoms with Gasteiger partial charge in [-0.1, -0.05) is 37.3 Å². The summed E-state index contributed by atoms with van der Waals surface area (Å²) in [6.07, 6.45) is 2.69. The molecule has 0 unspecified atom stereocenters. The van der Waals surface area contributed by atoms with E-state index in [-0.39, 0.29) is 5.91 Å². The highest BCUT2D eigenvalue weighted by Crippen LogP contribution is 2.18. The molecule has 0 spiro atoms. The quantitative estimate of drug-likeness (QED) is 0.447. The molecule has 152 valence electrons. The van der Waals surface area contributed by atoms with Gasteiger partial charge in [0.1, 0.15) is 18.2 Å². The normalized spacial score (nSPS) is 10.7. The second-order valence-electron chi connectivity index (χ2n) is 6.79. The molecule has 0 radical (unpaired) electrons. The van der Waals surface area contributed by atoms with Crippen molar-refractivity contribution in [2.75, 3.05) is 5.32 Å². The van der Waals surface area contributed by atoms with Crippen molar-refractivity contribution in [2.24, 2.45) is 0 Å². The third-order valence-corrected chi connectivity index (χ3v) is 5.32. The van der Waals surface area contributed by atoms with Crippen molar-refractivity contribution in [3.05, 3.63) is 94.1 Å². The fourth-order valence-electron chi connectivity index (χ4n) is 3.00. The average Bonchev–Trinajstić information content (AvgIpc) is 3.45. The molecule has 2 aromatic heterocycles. The van der Waals surface area contributed by atoms with Crippen LogP contribution >= 0.6 is 11.3 Å². The van der Waals surface area contributed by atoms with Crippen LogP contribution in [0.3, 0.4) is 0 Å². The van der Waals surface area contributed by atoms with E-state index in [4.69, 9.17) is 4.74 Å². The van der Waals surface area contributed by atoms with E-state index in [9.17, 15) is 4.79 Å². The Morgan fingerprint density at radius 3 is 2.73 bits per heavy atom. The molecular formula is C23H22N4O2S. The van der Waals surface area contributed by atoms with Gasteiger partial charge in [0, 0.05) is 17.0 Å². The van der Waals surface area contributed by atoms with E-state index in [0.29, 0.717) is 30.3 Å². The lowest BCUT2D eigenvalue weighted by atomic mass is 10.1. The van der Waals surface area contributed by atoms with Gasteiger partial charge < -0.3 is 10.1 Å². The first-order valence-corrected chi connectivity index (χ1v) is 10.7. The Morgan fingerprint density at radius 2 is 1.97 bits per heavy atom. The van der Waals surface area contributed by atoms with Crippen LogP contribution in [-0.4, -0.2) is 20.7 Å². The zero-order valence-corrected chi connectivity index (χ0v) is 17.4. The Balaban J connectivity index is 1.41. The molecule has 7 heteroatoms. The van der Waals surface area contributed by atoms with Gasteiger partial charge in [0.05, 0.1) is 23.9 Å². The highest BCUT2D eigenvalue weighted by atomic mass is 32.1. The number of rotatable bonds is 8. The molecule has 4 aromatic rings. The van der Waals surface area contributed by atoms with E-state index in [2.05, 4.69) is 46.6 Å². The van der Waals surface area contributed by atoms with Crippen molar-refractivity contribution in [1.29, 1.82) is 0 Å². The van der Waals surface area contributed by atoms with Crippen LogP contribution in [-0.2, 0) is 19.6 Å². The maximum Gasteiger partial charge on any atom is 0.256 e. The lowest BCUT2D eigenvalue weighted by Gasteiger charge is -2.11. The predicted molar refractivity (Wildman–Crippen MR) is 118 cm³/mol. The van der Waals surface area contributed by atoms with Crippen LogP contribution in [0.25, 0.3) is 0 Å². The van der Waals surface area contributed by atoms with Crippen LogP contribution in [0.5, 0.6) is 5.75 Å². The number of hydrogen-bond donors (Lipinski definition) is 1. The van der Waals surface area contributed by atoms with Crippen LogP contribution < -0.4 is 10.1 Å². The second-order valence-corrected chi connectivity index (χ2v) is 7.51. The maximum absolute atomic E-state index is 12.8. The minimum absolute atomic E-state index is 0.211. The number of anilines is 1. The van der Waals surface area contributed by atoms with Gasteiger partial charge in [-0.05, 0) is 35.7 Å². The van der Waals surface area contributed by atoms with Crippen molar-refractivity contribution in [3.63, 3.8) is 0 Å². The number of aryl methyl sites for hydroxylation is 1. The van der Waals surface area contributed by atoms with Gasteiger partial charge in [-0.3, -0.25) is 4.79 Å². The lowest BCUT2D eigenvalue weighted by molar-refractivity contribution is 0.102. The summed E-state index contributed by atoms with van der Waals surface area (Å²) < 4.78 is 7.52. The number of ether oxygens (including phenoxy) is 1. The molecule has 1 N–H and O–H groups in total. The van der Waals surface area contributed by atoms with Gasteiger partial charge in [-0.2, -0.15) is 5.10 Å². The fourth-order valence-corrected chi connectivity index (χ4v) is 3.54. The molecule has 0 saturated heterocycles. The van der Waals surface area contributed by atoms with E-state index >= 15 is 0 Å². The highest BCUT2D eigenvalue weighted by molar-refractivity contribution is 7.07. The first kappa shape index (κ1) is 19.8. The van der Waals surface area contributed by atoms with E-state index in [0.717, 1.165) is 17.7 Å². The van der Waals surface area contributed by atoms with Gasteiger partial charge in [0.15, 0.2) is 0 Å². The molecule has 0 atom stereocenters. The van der Waals surface area contributed by atoms with Crippen molar-refractivity contribution >= 4 is 23.1 Å². The summed E-state index contributed by atoms with van der Waals surface area (Å²) in [4.78, 5) is 17.0. The highest BCUT2D eigenvalue weighted by Gasteiger charge is 2.11. The van der Waals surface area contributed by atoms with Gasteiger partial charge in [-0.25, -0.2) is 9.67 Å². The van der Waals surface area contributed by atoms with Crippen molar-refractivity contribution in [2.45, 2.75) is 26.5 Å². The lowest BCUT2D eigenvalue weighted by Crippen LogP contribution is -2.16. The van der Waals surface area contributed by atoms with E-state index in [1.807, 2.05) is 11.4 Å². The molecule has 0 fully saturated rings. The predicted octanol–water partition coefficient (Wildman–Crippen LogP) is 4.78. The van der Waals surface area contributed by atoms with Crippen LogP contribution in [0, 0.1) is 0 Å². The minimum Gasteiger partial charge on any atom is -0.487 e. The van der Waals surface area contributed by atoms with Gasteiger partial charge >= 0.3 is 0 Å². The topological polar surface area (TPSA) is 69.0 Å². The summed E-state index contributed by atoms with van der Waals surface area (Å²) in [5, 5.41) is 9.23. The van der Waals surface area contributed by atoms with Gasteiger partial charge in [0.25, 0.3) is 5.91 Å². The molecule has 30 heavy (non-hydrogen) atoms. The van der Waals surface area contributed by atoms with Crippen molar-refractivity contribution < 1.29 is 9.53 Å². The van der Waals surface area contributed by atoms with E-state index < -0.39 is 0 Å². The Labute approximate surface area is 179 Å². The Bertz CT molecular complexity index is 1100. The molecule has 6 nitrogen and oxygen atoms in total. The van der Waals surface area contributed by atoms with Gasteiger partial charge in [0.2, 0.25) is 0 Å². The number of benzene rings is 2. The standard InChI is InChI=1S/C23H22N4O2S/c1-2-17-6-8-18(9-7-17)13-27-22(10-11-25-27)26-23(28)19-4-3-5-21(12-19)29-14-20-15-30-16-24-20/h3-12,15-16H,2,13-14H2,1H3,(H,26,28). The number of carbonyl (C=O) groups is 1. The number of nitrogens with one attached hydrogen (secondary N) is 1. The Kier molecular flexibility index (Phi) is 6.20. The zero-order valence-electron chi connectivity index (χ0n) is 16.6. The average molecular weight is 419 g/mol. The zero-order chi connectivity index (χ0) is 20.8. The molecule has 4 rings (SSSR count). The fraction of sp³-hybridized carbons (Fsp3) is 0.174. The number of nitrogens with zero attached hydrogens (tertiary/aromatic N) is 3. The Morgan fingerprint density at radius 1 is 1.13 bits per heavy atom. The largest absolute Gasteiger partial charge is 0.487 e.